The maximum Gasteiger partial charge on any atom is 0.127 e. The molecule has 2 N–H and O–H groups in total. The van der Waals surface area contributed by atoms with Crippen LogP contribution in [0.1, 0.15) is 19.3 Å². The molecule has 0 aromatic carbocycles. The molecule has 12 heavy (non-hydrogen) atoms. The van der Waals surface area contributed by atoms with Gasteiger partial charge >= 0.3 is 0 Å². The molecule has 2 nitrogen and oxygen atoms in total. The number of hydrogen-bond donors (Lipinski definition) is 1. The molecule has 0 amide bonds. The number of hydrogen-bond acceptors (Lipinski definition) is 2. The molecule has 70 valence electrons. The van der Waals surface area contributed by atoms with E-state index >= 15 is 0 Å². The van der Waals surface area contributed by atoms with E-state index < -0.39 is 5.67 Å². The monoisotopic (exact) mass is 172 g/mol. The standard InChI is InChI=1S/C9H17FN2/c10-9(7-11)3-1-4-12-5-2-8(9)6-12/h8H,1-7,11H2. The molecule has 3 heteroatoms. The zero-order valence-electron chi connectivity index (χ0n) is 7.43. The van der Waals surface area contributed by atoms with Crippen LogP contribution in [0.4, 0.5) is 4.39 Å². The molecule has 3 unspecified atom stereocenters. The van der Waals surface area contributed by atoms with Crippen molar-refractivity contribution in [3.8, 4) is 0 Å². The Labute approximate surface area is 72.9 Å². The van der Waals surface area contributed by atoms with Crippen LogP contribution in [0, 0.1) is 5.92 Å². The fourth-order valence-electron chi connectivity index (χ4n) is 2.53. The minimum absolute atomic E-state index is 0.213. The first kappa shape index (κ1) is 8.45. The van der Waals surface area contributed by atoms with Gasteiger partial charge in [-0.05, 0) is 32.4 Å². The Morgan fingerprint density at radius 1 is 1.50 bits per heavy atom. The molecule has 2 saturated heterocycles. The average molecular weight is 172 g/mol. The molecule has 3 atom stereocenters. The van der Waals surface area contributed by atoms with Crippen molar-refractivity contribution in [2.75, 3.05) is 26.2 Å². The lowest BCUT2D eigenvalue weighted by Crippen LogP contribution is -2.40. The summed E-state index contributed by atoms with van der Waals surface area (Å²) in [6.45, 7) is 3.30. The van der Waals surface area contributed by atoms with Crippen molar-refractivity contribution in [2.24, 2.45) is 11.7 Å². The highest BCUT2D eigenvalue weighted by atomic mass is 19.1. The van der Waals surface area contributed by atoms with Crippen molar-refractivity contribution in [3.05, 3.63) is 0 Å². The van der Waals surface area contributed by atoms with Gasteiger partial charge in [0.1, 0.15) is 5.67 Å². The van der Waals surface area contributed by atoms with Gasteiger partial charge in [0.05, 0.1) is 0 Å². The number of halogens is 1. The van der Waals surface area contributed by atoms with Gasteiger partial charge in [-0.15, -0.1) is 0 Å². The molecule has 0 radical (unpaired) electrons. The Morgan fingerprint density at radius 2 is 2.33 bits per heavy atom. The van der Waals surface area contributed by atoms with Gasteiger partial charge in [0.25, 0.3) is 0 Å². The van der Waals surface area contributed by atoms with Crippen molar-refractivity contribution >= 4 is 0 Å². The maximum atomic E-state index is 14.1. The van der Waals surface area contributed by atoms with Gasteiger partial charge in [-0.25, -0.2) is 4.39 Å². The average Bonchev–Trinajstić information content (AvgIpc) is 2.45. The van der Waals surface area contributed by atoms with E-state index in [1.54, 1.807) is 0 Å². The predicted molar refractivity (Wildman–Crippen MR) is 46.7 cm³/mol. The number of fused-ring (bicyclic) bond motifs is 2. The molecule has 2 aliphatic rings. The molecule has 2 aliphatic heterocycles. The molecule has 2 bridgehead atoms. The van der Waals surface area contributed by atoms with E-state index in [-0.39, 0.29) is 12.5 Å². The van der Waals surface area contributed by atoms with E-state index in [2.05, 4.69) is 4.90 Å². The summed E-state index contributed by atoms with van der Waals surface area (Å²) in [4.78, 5) is 2.36. The summed E-state index contributed by atoms with van der Waals surface area (Å²) in [7, 11) is 0. The lowest BCUT2D eigenvalue weighted by Gasteiger charge is -2.28. The lowest BCUT2D eigenvalue weighted by molar-refractivity contribution is 0.0927. The number of rotatable bonds is 1. The summed E-state index contributed by atoms with van der Waals surface area (Å²) in [5, 5.41) is 0. The third kappa shape index (κ3) is 1.25. The first-order chi connectivity index (χ1) is 5.74. The van der Waals surface area contributed by atoms with E-state index in [0.717, 1.165) is 32.5 Å². The second-order valence-corrected chi connectivity index (χ2v) is 4.13. The molecule has 0 aromatic rings. The number of alkyl halides is 1. The first-order valence-electron chi connectivity index (χ1n) is 4.86. The topological polar surface area (TPSA) is 29.3 Å². The Morgan fingerprint density at radius 3 is 3.08 bits per heavy atom. The second-order valence-electron chi connectivity index (χ2n) is 4.13. The molecule has 0 aliphatic carbocycles. The molecular formula is C9H17FN2. The van der Waals surface area contributed by atoms with Crippen LogP contribution in [0.5, 0.6) is 0 Å². The first-order valence-corrected chi connectivity index (χ1v) is 4.86. The summed E-state index contributed by atoms with van der Waals surface area (Å²) >= 11 is 0. The SMILES string of the molecule is NCC1(F)CCCN2CCC1C2. The Bertz CT molecular complexity index is 174. The summed E-state index contributed by atoms with van der Waals surface area (Å²) < 4.78 is 14.1. The van der Waals surface area contributed by atoms with Crippen LogP contribution in [0.25, 0.3) is 0 Å². The fourth-order valence-corrected chi connectivity index (χ4v) is 2.53. The quantitative estimate of drug-likeness (QED) is 0.633. The Kier molecular flexibility index (Phi) is 2.09. The van der Waals surface area contributed by atoms with E-state index in [4.69, 9.17) is 5.73 Å². The lowest BCUT2D eigenvalue weighted by atomic mass is 9.85. The summed E-state index contributed by atoms with van der Waals surface area (Å²) in [5.41, 5.74) is 4.45. The van der Waals surface area contributed by atoms with Crippen LogP contribution >= 0.6 is 0 Å². The molecule has 0 spiro atoms. The minimum atomic E-state index is -1.05. The third-order valence-corrected chi connectivity index (χ3v) is 3.41. The van der Waals surface area contributed by atoms with E-state index in [9.17, 15) is 4.39 Å². The fraction of sp³-hybridized carbons (Fsp3) is 1.00. The Hall–Kier alpha value is -0.150. The normalized spacial score (nSPS) is 47.5. The van der Waals surface area contributed by atoms with Gasteiger partial charge < -0.3 is 10.6 Å². The summed E-state index contributed by atoms with van der Waals surface area (Å²) in [6.07, 6.45) is 2.66. The van der Waals surface area contributed by atoms with Crippen molar-refractivity contribution in [2.45, 2.75) is 24.9 Å². The zero-order chi connectivity index (χ0) is 8.60. The van der Waals surface area contributed by atoms with Gasteiger partial charge in [0.15, 0.2) is 0 Å². The van der Waals surface area contributed by atoms with Gasteiger partial charge in [-0.3, -0.25) is 0 Å². The minimum Gasteiger partial charge on any atom is -0.328 e. The molecule has 0 aromatic heterocycles. The molecule has 0 saturated carbocycles. The highest BCUT2D eigenvalue weighted by molar-refractivity contribution is 4.96. The highest BCUT2D eigenvalue weighted by Gasteiger charge is 2.43. The van der Waals surface area contributed by atoms with Crippen LogP contribution in [0.15, 0.2) is 0 Å². The van der Waals surface area contributed by atoms with Crippen LogP contribution < -0.4 is 5.73 Å². The number of nitrogens with two attached hydrogens (primary N) is 1. The van der Waals surface area contributed by atoms with Crippen LogP contribution in [0.3, 0.4) is 0 Å². The zero-order valence-corrected chi connectivity index (χ0v) is 7.43. The second kappa shape index (κ2) is 2.96. The Balaban J connectivity index is 2.13. The number of nitrogens with zero attached hydrogens (tertiary/aromatic N) is 1. The van der Waals surface area contributed by atoms with Crippen LogP contribution in [0.2, 0.25) is 0 Å². The summed E-state index contributed by atoms with van der Waals surface area (Å²) in [5.74, 6) is 0.213. The maximum absolute atomic E-state index is 14.1. The van der Waals surface area contributed by atoms with Crippen molar-refractivity contribution in [3.63, 3.8) is 0 Å². The largest absolute Gasteiger partial charge is 0.328 e. The molecular weight excluding hydrogens is 155 g/mol. The smallest absolute Gasteiger partial charge is 0.127 e. The third-order valence-electron chi connectivity index (χ3n) is 3.41. The highest BCUT2D eigenvalue weighted by Crippen LogP contribution is 2.36. The van der Waals surface area contributed by atoms with Gasteiger partial charge in [-0.2, -0.15) is 0 Å². The van der Waals surface area contributed by atoms with Crippen LogP contribution in [-0.4, -0.2) is 36.7 Å². The predicted octanol–water partition coefficient (Wildman–Crippen LogP) is 0.769. The van der Waals surface area contributed by atoms with Crippen molar-refractivity contribution < 1.29 is 4.39 Å². The molecule has 2 fully saturated rings. The molecule has 2 heterocycles. The molecule has 2 rings (SSSR count). The van der Waals surface area contributed by atoms with E-state index in [1.807, 2.05) is 0 Å². The van der Waals surface area contributed by atoms with E-state index in [0.29, 0.717) is 6.42 Å². The van der Waals surface area contributed by atoms with Crippen molar-refractivity contribution in [1.82, 2.24) is 4.90 Å². The van der Waals surface area contributed by atoms with Gasteiger partial charge in [0, 0.05) is 19.0 Å². The van der Waals surface area contributed by atoms with E-state index in [1.165, 1.54) is 0 Å². The van der Waals surface area contributed by atoms with Crippen molar-refractivity contribution in [1.29, 1.82) is 0 Å². The summed E-state index contributed by atoms with van der Waals surface area (Å²) in [6, 6.07) is 0. The van der Waals surface area contributed by atoms with Crippen LogP contribution in [-0.2, 0) is 0 Å². The van der Waals surface area contributed by atoms with Gasteiger partial charge in [0.2, 0.25) is 0 Å². The van der Waals surface area contributed by atoms with Gasteiger partial charge in [-0.1, -0.05) is 0 Å².